The summed E-state index contributed by atoms with van der Waals surface area (Å²) in [6.07, 6.45) is 4.25. The quantitative estimate of drug-likeness (QED) is 0.784. The molecule has 132 valence electrons. The third-order valence-corrected chi connectivity index (χ3v) is 4.89. The number of amides is 1. The second kappa shape index (κ2) is 8.44. The van der Waals surface area contributed by atoms with Crippen LogP contribution in [0.3, 0.4) is 0 Å². The number of anilines is 1. The van der Waals surface area contributed by atoms with Gasteiger partial charge in [-0.2, -0.15) is 0 Å². The lowest BCUT2D eigenvalue weighted by molar-refractivity contribution is -0.133. The molecule has 6 nitrogen and oxygen atoms in total. The van der Waals surface area contributed by atoms with Gasteiger partial charge in [-0.25, -0.2) is 4.98 Å². The minimum atomic E-state index is 0.222. The van der Waals surface area contributed by atoms with Crippen molar-refractivity contribution in [2.75, 3.05) is 57.3 Å². The topological polar surface area (TPSA) is 48.9 Å². The first-order chi connectivity index (χ1) is 11.8. The van der Waals surface area contributed by atoms with Crippen LogP contribution >= 0.6 is 0 Å². The molecule has 0 saturated carbocycles. The van der Waals surface area contributed by atoms with E-state index in [0.717, 1.165) is 64.5 Å². The van der Waals surface area contributed by atoms with Gasteiger partial charge in [-0.3, -0.25) is 9.69 Å². The number of piperazine rings is 1. The lowest BCUT2D eigenvalue weighted by Gasteiger charge is -2.36. The van der Waals surface area contributed by atoms with Gasteiger partial charge in [0.15, 0.2) is 0 Å². The van der Waals surface area contributed by atoms with Crippen LogP contribution in [0.1, 0.15) is 19.8 Å². The molecule has 1 aromatic heterocycles. The molecule has 0 bridgehead atoms. The number of hydrogen-bond acceptors (Lipinski definition) is 5. The number of hydrogen-bond donors (Lipinski definition) is 0. The molecule has 24 heavy (non-hydrogen) atoms. The molecule has 0 aliphatic carbocycles. The first kappa shape index (κ1) is 17.2. The van der Waals surface area contributed by atoms with E-state index < -0.39 is 0 Å². The largest absolute Gasteiger partial charge is 0.376 e. The van der Waals surface area contributed by atoms with Crippen molar-refractivity contribution in [1.29, 1.82) is 0 Å². The van der Waals surface area contributed by atoms with Crippen LogP contribution in [0.25, 0.3) is 0 Å². The molecule has 0 radical (unpaired) electrons. The second-order valence-corrected chi connectivity index (χ2v) is 6.52. The number of rotatable bonds is 6. The van der Waals surface area contributed by atoms with Crippen molar-refractivity contribution in [3.63, 3.8) is 0 Å². The van der Waals surface area contributed by atoms with Crippen LogP contribution in [0.15, 0.2) is 24.4 Å². The third kappa shape index (κ3) is 4.45. The molecule has 3 heterocycles. The summed E-state index contributed by atoms with van der Waals surface area (Å²) < 4.78 is 5.67. The Morgan fingerprint density at radius 3 is 2.79 bits per heavy atom. The van der Waals surface area contributed by atoms with E-state index in [1.807, 2.05) is 36.2 Å². The molecule has 6 heteroatoms. The van der Waals surface area contributed by atoms with Crippen LogP contribution in [0, 0.1) is 0 Å². The SMILES string of the molecule is CCN(CC1CCCO1)C(=O)CN1CCN(c2ccccn2)CC1. The third-order valence-electron chi connectivity index (χ3n) is 4.89. The molecule has 2 aliphatic heterocycles. The maximum Gasteiger partial charge on any atom is 0.236 e. The van der Waals surface area contributed by atoms with Crippen molar-refractivity contribution in [3.8, 4) is 0 Å². The van der Waals surface area contributed by atoms with Crippen LogP contribution < -0.4 is 4.90 Å². The summed E-state index contributed by atoms with van der Waals surface area (Å²) >= 11 is 0. The smallest absolute Gasteiger partial charge is 0.236 e. The average Bonchev–Trinajstić information content (AvgIpc) is 3.14. The van der Waals surface area contributed by atoms with Crippen LogP contribution in [-0.2, 0) is 9.53 Å². The van der Waals surface area contributed by atoms with Gasteiger partial charge in [-0.05, 0) is 31.9 Å². The Morgan fingerprint density at radius 2 is 2.17 bits per heavy atom. The van der Waals surface area contributed by atoms with E-state index in [1.54, 1.807) is 0 Å². The van der Waals surface area contributed by atoms with E-state index >= 15 is 0 Å². The predicted octanol–water partition coefficient (Wildman–Crippen LogP) is 1.23. The predicted molar refractivity (Wildman–Crippen MR) is 94.1 cm³/mol. The number of ether oxygens (including phenoxy) is 1. The summed E-state index contributed by atoms with van der Waals surface area (Å²) in [6, 6.07) is 6.00. The molecule has 1 amide bonds. The highest BCUT2D eigenvalue weighted by atomic mass is 16.5. The van der Waals surface area contributed by atoms with Gasteiger partial charge in [-0.1, -0.05) is 6.07 Å². The van der Waals surface area contributed by atoms with Gasteiger partial charge in [0.05, 0.1) is 12.6 Å². The van der Waals surface area contributed by atoms with E-state index in [4.69, 9.17) is 4.74 Å². The second-order valence-electron chi connectivity index (χ2n) is 6.52. The monoisotopic (exact) mass is 332 g/mol. The molecular formula is C18H28N4O2. The van der Waals surface area contributed by atoms with Gasteiger partial charge in [0.1, 0.15) is 5.82 Å². The summed E-state index contributed by atoms with van der Waals surface area (Å²) in [5.41, 5.74) is 0. The Labute approximate surface area is 144 Å². The highest BCUT2D eigenvalue weighted by Gasteiger charge is 2.24. The maximum atomic E-state index is 12.6. The van der Waals surface area contributed by atoms with Gasteiger partial charge in [0.2, 0.25) is 5.91 Å². The van der Waals surface area contributed by atoms with Crippen molar-refractivity contribution >= 4 is 11.7 Å². The Kier molecular flexibility index (Phi) is 6.04. The van der Waals surface area contributed by atoms with Crippen molar-refractivity contribution in [2.45, 2.75) is 25.9 Å². The molecule has 0 aromatic carbocycles. The summed E-state index contributed by atoms with van der Waals surface area (Å²) in [5.74, 6) is 1.25. The number of likely N-dealkylation sites (N-methyl/N-ethyl adjacent to an activating group) is 1. The van der Waals surface area contributed by atoms with Crippen molar-refractivity contribution in [2.24, 2.45) is 0 Å². The van der Waals surface area contributed by atoms with Gasteiger partial charge >= 0.3 is 0 Å². The molecule has 1 unspecified atom stereocenters. The van der Waals surface area contributed by atoms with E-state index in [0.29, 0.717) is 6.54 Å². The average molecular weight is 332 g/mol. The standard InChI is InChI=1S/C18H28N4O2/c1-2-21(14-16-6-5-13-24-16)18(23)15-20-9-11-22(12-10-20)17-7-3-4-8-19-17/h3-4,7-8,16H,2,5-6,9-15H2,1H3. The minimum absolute atomic E-state index is 0.222. The van der Waals surface area contributed by atoms with Crippen molar-refractivity contribution in [3.05, 3.63) is 24.4 Å². The highest BCUT2D eigenvalue weighted by Crippen LogP contribution is 2.15. The fourth-order valence-corrected chi connectivity index (χ4v) is 3.41. The number of carbonyl (C=O) groups excluding carboxylic acids is 1. The normalized spacial score (nSPS) is 21.9. The van der Waals surface area contributed by atoms with E-state index in [9.17, 15) is 4.79 Å². The molecule has 0 N–H and O–H groups in total. The molecule has 2 saturated heterocycles. The fourth-order valence-electron chi connectivity index (χ4n) is 3.41. The summed E-state index contributed by atoms with van der Waals surface area (Å²) in [6.45, 7) is 8.54. The Morgan fingerprint density at radius 1 is 1.33 bits per heavy atom. The minimum Gasteiger partial charge on any atom is -0.376 e. The molecule has 3 rings (SSSR count). The number of aromatic nitrogens is 1. The fraction of sp³-hybridized carbons (Fsp3) is 0.667. The molecule has 1 atom stereocenters. The summed E-state index contributed by atoms with van der Waals surface area (Å²) in [4.78, 5) is 23.5. The van der Waals surface area contributed by atoms with Crippen LogP contribution in [0.2, 0.25) is 0 Å². The molecule has 2 aliphatic rings. The van der Waals surface area contributed by atoms with Crippen LogP contribution in [-0.4, -0.2) is 79.2 Å². The van der Waals surface area contributed by atoms with Crippen LogP contribution in [0.4, 0.5) is 5.82 Å². The lowest BCUT2D eigenvalue weighted by atomic mass is 10.2. The maximum absolute atomic E-state index is 12.6. The van der Waals surface area contributed by atoms with Crippen molar-refractivity contribution in [1.82, 2.24) is 14.8 Å². The summed E-state index contributed by atoms with van der Waals surface area (Å²) in [7, 11) is 0. The van der Waals surface area contributed by atoms with E-state index in [-0.39, 0.29) is 12.0 Å². The zero-order valence-corrected chi connectivity index (χ0v) is 14.6. The number of nitrogens with zero attached hydrogens (tertiary/aromatic N) is 4. The highest BCUT2D eigenvalue weighted by molar-refractivity contribution is 5.78. The van der Waals surface area contributed by atoms with Crippen LogP contribution in [0.5, 0.6) is 0 Å². The molecule has 2 fully saturated rings. The van der Waals surface area contributed by atoms with Gasteiger partial charge < -0.3 is 14.5 Å². The number of pyridine rings is 1. The molecule has 1 aromatic rings. The Balaban J connectivity index is 1.45. The van der Waals surface area contributed by atoms with E-state index in [2.05, 4.69) is 14.8 Å². The Bertz CT molecular complexity index is 511. The first-order valence-corrected chi connectivity index (χ1v) is 9.04. The van der Waals surface area contributed by atoms with Gasteiger partial charge in [0.25, 0.3) is 0 Å². The van der Waals surface area contributed by atoms with Gasteiger partial charge in [-0.15, -0.1) is 0 Å². The lowest BCUT2D eigenvalue weighted by Crippen LogP contribution is -2.51. The van der Waals surface area contributed by atoms with Crippen molar-refractivity contribution < 1.29 is 9.53 Å². The molecular weight excluding hydrogens is 304 g/mol. The number of carbonyl (C=O) groups is 1. The zero-order valence-electron chi connectivity index (χ0n) is 14.6. The first-order valence-electron chi connectivity index (χ1n) is 9.04. The zero-order chi connectivity index (χ0) is 16.8. The Hall–Kier alpha value is -1.66. The van der Waals surface area contributed by atoms with E-state index in [1.165, 1.54) is 0 Å². The van der Waals surface area contributed by atoms with Gasteiger partial charge in [0, 0.05) is 52.1 Å². The summed E-state index contributed by atoms with van der Waals surface area (Å²) in [5, 5.41) is 0. The molecule has 0 spiro atoms.